The molecule has 0 aliphatic carbocycles. The number of rotatable bonds is 2. The highest BCUT2D eigenvalue weighted by atomic mass is 32.1. The molecule has 1 atom stereocenters. The molecule has 0 saturated carbocycles. The highest BCUT2D eigenvalue weighted by molar-refractivity contribution is 7.13. The minimum atomic E-state index is 0.315. The molecule has 0 spiro atoms. The van der Waals surface area contributed by atoms with Crippen molar-refractivity contribution in [1.82, 2.24) is 15.3 Å². The Labute approximate surface area is 137 Å². The maximum atomic E-state index is 9.27. The summed E-state index contributed by atoms with van der Waals surface area (Å²) in [7, 11) is 0. The van der Waals surface area contributed by atoms with E-state index < -0.39 is 0 Å². The van der Waals surface area contributed by atoms with Crippen molar-refractivity contribution in [3.8, 4) is 16.6 Å². The van der Waals surface area contributed by atoms with Crippen LogP contribution in [0, 0.1) is 11.3 Å². The number of aromatic nitrogens is 2. The fourth-order valence-corrected chi connectivity index (χ4v) is 3.50. The van der Waals surface area contributed by atoms with Gasteiger partial charge in [0.2, 0.25) is 0 Å². The summed E-state index contributed by atoms with van der Waals surface area (Å²) in [5.41, 5.74) is 2.79. The monoisotopic (exact) mass is 325 g/mol. The van der Waals surface area contributed by atoms with E-state index in [0.29, 0.717) is 28.7 Å². The summed E-state index contributed by atoms with van der Waals surface area (Å²) in [5.74, 6) is 0. The Balaban J connectivity index is 1.87. The van der Waals surface area contributed by atoms with Crippen molar-refractivity contribution in [2.24, 2.45) is 0 Å². The average molecular weight is 325 g/mol. The van der Waals surface area contributed by atoms with E-state index in [-0.39, 0.29) is 0 Å². The van der Waals surface area contributed by atoms with E-state index in [1.165, 1.54) is 11.3 Å². The van der Waals surface area contributed by atoms with Crippen LogP contribution in [0.1, 0.15) is 12.5 Å². The number of nitrogens with one attached hydrogen (secondary N) is 1. The number of nitriles is 1. The Morgan fingerprint density at radius 3 is 3.13 bits per heavy atom. The van der Waals surface area contributed by atoms with Crippen molar-refractivity contribution >= 4 is 28.5 Å². The van der Waals surface area contributed by atoms with Crippen LogP contribution < -0.4 is 10.2 Å². The number of oxazole rings is 1. The zero-order chi connectivity index (χ0) is 15.8. The van der Waals surface area contributed by atoms with Crippen molar-refractivity contribution in [2.45, 2.75) is 13.0 Å². The number of nitrogens with zero attached hydrogens (tertiary/aromatic N) is 4. The predicted octanol–water partition coefficient (Wildman–Crippen LogP) is 2.62. The van der Waals surface area contributed by atoms with Gasteiger partial charge >= 0.3 is 0 Å². The number of anilines is 1. The van der Waals surface area contributed by atoms with E-state index in [0.717, 1.165) is 30.2 Å². The minimum absolute atomic E-state index is 0.315. The van der Waals surface area contributed by atoms with Gasteiger partial charge in [0.25, 0.3) is 6.01 Å². The zero-order valence-corrected chi connectivity index (χ0v) is 13.4. The molecule has 6 nitrogen and oxygen atoms in total. The van der Waals surface area contributed by atoms with E-state index >= 15 is 0 Å². The molecule has 0 radical (unpaired) electrons. The summed E-state index contributed by atoms with van der Waals surface area (Å²) in [6.45, 7) is 4.81. The third-order valence-corrected chi connectivity index (χ3v) is 4.82. The second-order valence-corrected chi connectivity index (χ2v) is 6.46. The smallest absolute Gasteiger partial charge is 0.298 e. The SMILES string of the molecule is C[C@H]1CNCCN1c1nc2cc(C#N)cc(-c3nccs3)c2o1. The molecule has 2 aromatic heterocycles. The second-order valence-electron chi connectivity index (χ2n) is 5.56. The van der Waals surface area contributed by atoms with Gasteiger partial charge in [0.15, 0.2) is 5.58 Å². The average Bonchev–Trinajstić information content (AvgIpc) is 3.23. The van der Waals surface area contributed by atoms with Gasteiger partial charge in [0, 0.05) is 37.3 Å². The maximum Gasteiger partial charge on any atom is 0.298 e. The van der Waals surface area contributed by atoms with Crippen LogP contribution in [0.25, 0.3) is 21.7 Å². The van der Waals surface area contributed by atoms with Gasteiger partial charge in [-0.15, -0.1) is 11.3 Å². The third-order valence-electron chi connectivity index (χ3n) is 4.02. The van der Waals surface area contributed by atoms with Crippen LogP contribution in [0.3, 0.4) is 0 Å². The molecule has 0 unspecified atom stereocenters. The lowest BCUT2D eigenvalue weighted by atomic mass is 10.1. The van der Waals surface area contributed by atoms with Crippen LogP contribution in [0.5, 0.6) is 0 Å². The number of thiazole rings is 1. The fraction of sp³-hybridized carbons (Fsp3) is 0.312. The Morgan fingerprint density at radius 1 is 1.48 bits per heavy atom. The first kappa shape index (κ1) is 14.2. The van der Waals surface area contributed by atoms with Crippen LogP contribution in [0.2, 0.25) is 0 Å². The summed E-state index contributed by atoms with van der Waals surface area (Å²) in [6.07, 6.45) is 1.75. The van der Waals surface area contributed by atoms with E-state index in [1.54, 1.807) is 12.3 Å². The normalized spacial score (nSPS) is 18.3. The number of hydrogen-bond donors (Lipinski definition) is 1. The first-order valence-corrected chi connectivity index (χ1v) is 8.36. The molecule has 4 rings (SSSR count). The van der Waals surface area contributed by atoms with Crippen molar-refractivity contribution < 1.29 is 4.42 Å². The summed E-state index contributed by atoms with van der Waals surface area (Å²) in [6, 6.07) is 6.71. The fourth-order valence-electron chi connectivity index (χ4n) is 2.85. The lowest BCUT2D eigenvalue weighted by Gasteiger charge is -2.32. The summed E-state index contributed by atoms with van der Waals surface area (Å²) in [5, 5.41) is 15.4. The number of benzene rings is 1. The van der Waals surface area contributed by atoms with Crippen LogP contribution in [0.15, 0.2) is 28.1 Å². The van der Waals surface area contributed by atoms with Gasteiger partial charge in [0.05, 0.1) is 17.2 Å². The topological polar surface area (TPSA) is 78.0 Å². The minimum Gasteiger partial charge on any atom is -0.423 e. The van der Waals surface area contributed by atoms with E-state index in [9.17, 15) is 5.26 Å². The molecule has 1 fully saturated rings. The van der Waals surface area contributed by atoms with Crippen molar-refractivity contribution in [1.29, 1.82) is 5.26 Å². The molecule has 1 aromatic carbocycles. The van der Waals surface area contributed by atoms with Gasteiger partial charge in [-0.3, -0.25) is 0 Å². The highest BCUT2D eigenvalue weighted by Gasteiger charge is 2.24. The van der Waals surface area contributed by atoms with Crippen LogP contribution in [-0.2, 0) is 0 Å². The molecule has 0 bridgehead atoms. The zero-order valence-electron chi connectivity index (χ0n) is 12.6. The Hall–Kier alpha value is -2.43. The number of hydrogen-bond acceptors (Lipinski definition) is 7. The van der Waals surface area contributed by atoms with E-state index in [1.807, 2.05) is 11.4 Å². The Bertz CT molecular complexity index is 880. The molecule has 1 saturated heterocycles. The molecule has 0 amide bonds. The third kappa shape index (κ3) is 2.46. The molecule has 7 heteroatoms. The van der Waals surface area contributed by atoms with Crippen molar-refractivity contribution in [3.63, 3.8) is 0 Å². The van der Waals surface area contributed by atoms with Crippen molar-refractivity contribution in [2.75, 3.05) is 24.5 Å². The molecule has 23 heavy (non-hydrogen) atoms. The quantitative estimate of drug-likeness (QED) is 0.780. The molecule has 116 valence electrons. The number of piperazine rings is 1. The summed E-state index contributed by atoms with van der Waals surface area (Å²) < 4.78 is 6.08. The lowest BCUT2D eigenvalue weighted by Crippen LogP contribution is -2.50. The molecule has 3 heterocycles. The highest BCUT2D eigenvalue weighted by Crippen LogP contribution is 2.34. The standard InChI is InChI=1S/C16H15N5OS/c1-10-9-18-2-4-21(10)16-20-13-7-11(8-17)6-12(14(13)22-16)15-19-3-5-23-15/h3,5-7,10,18H,2,4,9H2,1H3/t10-/m0/s1. The first-order valence-electron chi connectivity index (χ1n) is 7.48. The van der Waals surface area contributed by atoms with E-state index in [4.69, 9.17) is 4.42 Å². The van der Waals surface area contributed by atoms with Crippen LogP contribution in [0.4, 0.5) is 6.01 Å². The largest absolute Gasteiger partial charge is 0.423 e. The molecular formula is C16H15N5OS. The van der Waals surface area contributed by atoms with Crippen molar-refractivity contribution in [3.05, 3.63) is 29.3 Å². The first-order chi connectivity index (χ1) is 11.3. The summed E-state index contributed by atoms with van der Waals surface area (Å²) in [4.78, 5) is 11.1. The van der Waals surface area contributed by atoms with Gasteiger partial charge in [-0.1, -0.05) is 0 Å². The van der Waals surface area contributed by atoms with Gasteiger partial charge in [-0.05, 0) is 19.1 Å². The Kier molecular flexibility index (Phi) is 3.48. The second kappa shape index (κ2) is 5.65. The van der Waals surface area contributed by atoms with Gasteiger partial charge in [-0.2, -0.15) is 10.2 Å². The Morgan fingerprint density at radius 2 is 2.39 bits per heavy atom. The van der Waals surface area contributed by atoms with Gasteiger partial charge < -0.3 is 14.6 Å². The summed E-state index contributed by atoms with van der Waals surface area (Å²) >= 11 is 1.52. The molecular weight excluding hydrogens is 310 g/mol. The van der Waals surface area contributed by atoms with E-state index in [2.05, 4.69) is 33.2 Å². The van der Waals surface area contributed by atoms with Gasteiger partial charge in [-0.25, -0.2) is 4.98 Å². The molecule has 1 N–H and O–H groups in total. The molecule has 1 aliphatic rings. The van der Waals surface area contributed by atoms with Crippen LogP contribution in [-0.4, -0.2) is 35.6 Å². The molecule has 3 aromatic rings. The number of fused-ring (bicyclic) bond motifs is 1. The van der Waals surface area contributed by atoms with Crippen LogP contribution >= 0.6 is 11.3 Å². The predicted molar refractivity (Wildman–Crippen MR) is 89.5 cm³/mol. The van der Waals surface area contributed by atoms with Gasteiger partial charge in [0.1, 0.15) is 10.5 Å². The maximum absolute atomic E-state index is 9.27. The molecule has 1 aliphatic heterocycles. The lowest BCUT2D eigenvalue weighted by molar-refractivity contribution is 0.456.